The van der Waals surface area contributed by atoms with Crippen LogP contribution in [-0.4, -0.2) is 11.9 Å². The van der Waals surface area contributed by atoms with Crippen LogP contribution in [0.4, 0.5) is 20.2 Å². The minimum Gasteiger partial charge on any atom is -0.378 e. The van der Waals surface area contributed by atoms with E-state index in [1.165, 1.54) is 6.07 Å². The van der Waals surface area contributed by atoms with Crippen LogP contribution in [0, 0.1) is 17.0 Å². The zero-order valence-electron chi connectivity index (χ0n) is 11.3. The van der Waals surface area contributed by atoms with Crippen LogP contribution in [0.3, 0.4) is 0 Å². The lowest BCUT2D eigenvalue weighted by Crippen LogP contribution is -2.28. The van der Waals surface area contributed by atoms with Crippen LogP contribution in [0.5, 0.6) is 0 Å². The lowest BCUT2D eigenvalue weighted by atomic mass is 9.87. The van der Waals surface area contributed by atoms with E-state index in [4.69, 9.17) is 0 Å². The number of nitrogens with one attached hydrogen (secondary N) is 2. The molecule has 0 spiro atoms. The highest BCUT2D eigenvalue weighted by atomic mass is 19.2. The molecule has 0 fully saturated rings. The molecule has 0 radical (unpaired) electrons. The number of hydrogen-bond acceptors (Lipinski definition) is 2. The third kappa shape index (κ3) is 3.22. The highest BCUT2D eigenvalue weighted by Crippen LogP contribution is 2.33. The van der Waals surface area contributed by atoms with Gasteiger partial charge < -0.3 is 10.6 Å². The highest BCUT2D eigenvalue weighted by molar-refractivity contribution is 5.96. The monoisotopic (exact) mass is 268 g/mol. The first-order valence-electron chi connectivity index (χ1n) is 6.31. The Bertz CT molecular complexity index is 509. The first-order chi connectivity index (χ1) is 8.76. The number of benzene rings is 1. The Morgan fingerprint density at radius 1 is 1.32 bits per heavy atom. The van der Waals surface area contributed by atoms with Crippen LogP contribution in [0.25, 0.3) is 0 Å². The third-order valence-corrected chi connectivity index (χ3v) is 3.01. The normalized spacial score (nSPS) is 19.2. The maximum atomic E-state index is 13.8. The van der Waals surface area contributed by atoms with E-state index in [-0.39, 0.29) is 29.5 Å². The van der Waals surface area contributed by atoms with Gasteiger partial charge in [0.2, 0.25) is 5.91 Å². The Morgan fingerprint density at radius 3 is 2.63 bits per heavy atom. The molecule has 1 heterocycles. The number of hydrogen-bond donors (Lipinski definition) is 2. The summed E-state index contributed by atoms with van der Waals surface area (Å²) in [5, 5.41) is 5.56. The van der Waals surface area contributed by atoms with Crippen molar-refractivity contribution in [3.05, 3.63) is 23.8 Å². The predicted octanol–water partition coefficient (Wildman–Crippen LogP) is 3.52. The van der Waals surface area contributed by atoms with Crippen molar-refractivity contribution in [2.45, 2.75) is 39.7 Å². The van der Waals surface area contributed by atoms with E-state index in [1.54, 1.807) is 0 Å². The molecule has 104 valence electrons. The van der Waals surface area contributed by atoms with Gasteiger partial charge in [-0.1, -0.05) is 20.8 Å². The van der Waals surface area contributed by atoms with Crippen LogP contribution in [0.2, 0.25) is 0 Å². The van der Waals surface area contributed by atoms with Crippen molar-refractivity contribution in [2.75, 3.05) is 10.6 Å². The fourth-order valence-electron chi connectivity index (χ4n) is 2.34. The van der Waals surface area contributed by atoms with Crippen LogP contribution in [0.15, 0.2) is 12.1 Å². The molecule has 0 saturated heterocycles. The molecule has 1 amide bonds. The molecule has 1 aliphatic heterocycles. The quantitative estimate of drug-likeness (QED) is 0.818. The Labute approximate surface area is 111 Å². The molecule has 2 rings (SSSR count). The maximum absolute atomic E-state index is 13.8. The summed E-state index contributed by atoms with van der Waals surface area (Å²) in [5.74, 6) is -2.05. The second-order valence-electron chi connectivity index (χ2n) is 6.14. The molecule has 1 aromatic carbocycles. The second-order valence-corrected chi connectivity index (χ2v) is 6.14. The first kappa shape index (κ1) is 13.8. The predicted molar refractivity (Wildman–Crippen MR) is 71.1 cm³/mol. The minimum absolute atomic E-state index is 0.00769. The number of rotatable bonds is 1. The smallest absolute Gasteiger partial charge is 0.226 e. The number of halogens is 2. The average Bonchev–Trinajstić information content (AvgIpc) is 2.40. The van der Waals surface area contributed by atoms with Crippen LogP contribution < -0.4 is 10.6 Å². The van der Waals surface area contributed by atoms with E-state index < -0.39 is 11.6 Å². The van der Waals surface area contributed by atoms with E-state index in [0.29, 0.717) is 12.1 Å². The summed E-state index contributed by atoms with van der Waals surface area (Å²) < 4.78 is 27.1. The van der Waals surface area contributed by atoms with Gasteiger partial charge in [0.25, 0.3) is 0 Å². The molecule has 5 heteroatoms. The molecule has 0 aromatic heterocycles. The number of carbonyl (C=O) groups is 1. The van der Waals surface area contributed by atoms with Gasteiger partial charge in [0.15, 0.2) is 11.6 Å². The Hall–Kier alpha value is -1.65. The topological polar surface area (TPSA) is 41.1 Å². The summed E-state index contributed by atoms with van der Waals surface area (Å²) in [7, 11) is 0. The van der Waals surface area contributed by atoms with E-state index in [2.05, 4.69) is 10.6 Å². The summed E-state index contributed by atoms with van der Waals surface area (Å²) in [6.45, 7) is 6.13. The van der Waals surface area contributed by atoms with Crippen molar-refractivity contribution in [1.29, 1.82) is 0 Å². The van der Waals surface area contributed by atoms with Crippen LogP contribution >= 0.6 is 0 Å². The Morgan fingerprint density at radius 2 is 2.00 bits per heavy atom. The van der Waals surface area contributed by atoms with Crippen LogP contribution in [-0.2, 0) is 4.79 Å². The summed E-state index contributed by atoms with van der Waals surface area (Å²) in [5.41, 5.74) is 0.326. The molecule has 3 nitrogen and oxygen atoms in total. The molecule has 19 heavy (non-hydrogen) atoms. The molecule has 1 aliphatic rings. The van der Waals surface area contributed by atoms with Gasteiger partial charge in [0.1, 0.15) is 0 Å². The fourth-order valence-corrected chi connectivity index (χ4v) is 2.34. The molecular formula is C14H18F2N2O. The molecule has 1 atom stereocenters. The third-order valence-electron chi connectivity index (χ3n) is 3.01. The van der Waals surface area contributed by atoms with E-state index >= 15 is 0 Å². The molecule has 1 unspecified atom stereocenters. The van der Waals surface area contributed by atoms with Gasteiger partial charge in [-0.25, -0.2) is 8.78 Å². The largest absolute Gasteiger partial charge is 0.378 e. The fraction of sp³-hybridized carbons (Fsp3) is 0.500. The van der Waals surface area contributed by atoms with Gasteiger partial charge in [-0.2, -0.15) is 0 Å². The standard InChI is InChI=1S/C14H18F2N2O/c1-14(2,3)7-8-6-11(19)18-10-5-4-9(15)12(16)13(10)17-8/h4-5,8,17H,6-7H2,1-3H3,(H,18,19). The van der Waals surface area contributed by atoms with Crippen molar-refractivity contribution in [2.24, 2.45) is 5.41 Å². The molecule has 0 aliphatic carbocycles. The lowest BCUT2D eigenvalue weighted by Gasteiger charge is -2.26. The lowest BCUT2D eigenvalue weighted by molar-refractivity contribution is -0.116. The van der Waals surface area contributed by atoms with Crippen molar-refractivity contribution in [1.82, 2.24) is 0 Å². The highest BCUT2D eigenvalue weighted by Gasteiger charge is 2.27. The number of anilines is 2. The number of carbonyl (C=O) groups excluding carboxylic acids is 1. The summed E-state index contributed by atoms with van der Waals surface area (Å²) in [6.07, 6.45) is 0.933. The van der Waals surface area contributed by atoms with Gasteiger partial charge in [0, 0.05) is 12.5 Å². The SMILES string of the molecule is CC(C)(C)CC1CC(=O)Nc2ccc(F)c(F)c2N1. The Kier molecular flexibility index (Phi) is 3.47. The summed E-state index contributed by atoms with van der Waals surface area (Å²) >= 11 is 0. The molecule has 2 N–H and O–H groups in total. The van der Waals surface area contributed by atoms with E-state index in [1.807, 2.05) is 20.8 Å². The summed E-state index contributed by atoms with van der Waals surface area (Å²) in [6, 6.07) is 2.18. The average molecular weight is 268 g/mol. The minimum atomic E-state index is -0.946. The van der Waals surface area contributed by atoms with Gasteiger partial charge in [-0.05, 0) is 24.0 Å². The second kappa shape index (κ2) is 4.79. The van der Waals surface area contributed by atoms with E-state index in [9.17, 15) is 13.6 Å². The zero-order chi connectivity index (χ0) is 14.2. The van der Waals surface area contributed by atoms with Gasteiger partial charge in [-0.3, -0.25) is 4.79 Å². The molecule has 0 bridgehead atoms. The Balaban J connectivity index is 2.34. The molecular weight excluding hydrogens is 250 g/mol. The van der Waals surface area contributed by atoms with Crippen LogP contribution in [0.1, 0.15) is 33.6 Å². The van der Waals surface area contributed by atoms with Gasteiger partial charge in [-0.15, -0.1) is 0 Å². The summed E-state index contributed by atoms with van der Waals surface area (Å²) in [4.78, 5) is 11.8. The first-order valence-corrected chi connectivity index (χ1v) is 6.31. The van der Waals surface area contributed by atoms with Crippen molar-refractivity contribution >= 4 is 17.3 Å². The van der Waals surface area contributed by atoms with Crippen molar-refractivity contribution in [3.63, 3.8) is 0 Å². The van der Waals surface area contributed by atoms with Crippen molar-refractivity contribution in [3.8, 4) is 0 Å². The van der Waals surface area contributed by atoms with Crippen molar-refractivity contribution < 1.29 is 13.6 Å². The van der Waals surface area contributed by atoms with Gasteiger partial charge >= 0.3 is 0 Å². The zero-order valence-corrected chi connectivity index (χ0v) is 11.3. The number of fused-ring (bicyclic) bond motifs is 1. The molecule has 1 aromatic rings. The van der Waals surface area contributed by atoms with E-state index in [0.717, 1.165) is 6.07 Å². The number of amides is 1. The van der Waals surface area contributed by atoms with Gasteiger partial charge in [0.05, 0.1) is 11.4 Å². The maximum Gasteiger partial charge on any atom is 0.226 e. The molecule has 0 saturated carbocycles.